The number of nitrogens with zero attached hydrogens (tertiary/aromatic N) is 2. The summed E-state index contributed by atoms with van der Waals surface area (Å²) in [5.74, 6) is 0.572. The minimum atomic E-state index is 0.572. The first-order valence-corrected chi connectivity index (χ1v) is 6.18. The summed E-state index contributed by atoms with van der Waals surface area (Å²) in [5.41, 5.74) is 9.11. The van der Waals surface area contributed by atoms with Crippen molar-refractivity contribution in [3.8, 4) is 0 Å². The van der Waals surface area contributed by atoms with Gasteiger partial charge in [-0.1, -0.05) is 12.1 Å². The van der Waals surface area contributed by atoms with Crippen LogP contribution in [0.15, 0.2) is 28.7 Å². The average molecular weight is 290 g/mol. The predicted molar refractivity (Wildman–Crippen MR) is 75.1 cm³/mol. The number of rotatable bonds is 0. The second-order valence-corrected chi connectivity index (χ2v) is 5.08. The number of nitrogens with two attached hydrogens (primary N) is 1. The average Bonchev–Trinajstić information content (AvgIpc) is 2.54. The van der Waals surface area contributed by atoms with E-state index in [4.69, 9.17) is 5.73 Å². The van der Waals surface area contributed by atoms with Crippen LogP contribution in [-0.2, 0) is 7.05 Å². The lowest BCUT2D eigenvalue weighted by molar-refractivity contribution is 0.995. The zero-order chi connectivity index (χ0) is 12.2. The van der Waals surface area contributed by atoms with Crippen molar-refractivity contribution in [2.24, 2.45) is 7.05 Å². The Bertz CT molecular complexity index is 743. The quantitative estimate of drug-likeness (QED) is 0.689. The third-order valence-corrected chi connectivity index (χ3v) is 3.77. The first kappa shape index (κ1) is 10.6. The molecule has 3 nitrogen and oxygen atoms in total. The molecule has 86 valence electrons. The Labute approximate surface area is 107 Å². The van der Waals surface area contributed by atoms with Crippen molar-refractivity contribution in [3.63, 3.8) is 0 Å². The van der Waals surface area contributed by atoms with Crippen LogP contribution >= 0.6 is 15.9 Å². The van der Waals surface area contributed by atoms with Gasteiger partial charge in [0.15, 0.2) is 0 Å². The molecule has 2 N–H and O–H groups in total. The lowest BCUT2D eigenvalue weighted by Gasteiger charge is -2.02. The molecular weight excluding hydrogens is 278 g/mol. The van der Waals surface area contributed by atoms with Crippen LogP contribution in [0.2, 0.25) is 0 Å². The second kappa shape index (κ2) is 3.47. The van der Waals surface area contributed by atoms with Crippen molar-refractivity contribution < 1.29 is 0 Å². The Morgan fingerprint density at radius 1 is 1.24 bits per heavy atom. The number of aryl methyl sites for hydroxylation is 2. The van der Waals surface area contributed by atoms with Gasteiger partial charge in [0.2, 0.25) is 0 Å². The summed E-state index contributed by atoms with van der Waals surface area (Å²) in [6, 6.07) is 8.14. The van der Waals surface area contributed by atoms with Crippen molar-refractivity contribution in [2.45, 2.75) is 6.92 Å². The van der Waals surface area contributed by atoms with E-state index in [2.05, 4.69) is 38.6 Å². The Kier molecular flexibility index (Phi) is 2.16. The Balaban J connectivity index is 2.68. The lowest BCUT2D eigenvalue weighted by atomic mass is 10.1. The minimum Gasteiger partial charge on any atom is -0.384 e. The van der Waals surface area contributed by atoms with E-state index in [1.807, 2.05) is 25.1 Å². The lowest BCUT2D eigenvalue weighted by Crippen LogP contribution is -1.95. The molecule has 0 bridgehead atoms. The number of aromatic nitrogens is 2. The molecule has 1 aromatic carbocycles. The fourth-order valence-electron chi connectivity index (χ4n) is 2.50. The molecule has 0 aliphatic rings. The van der Waals surface area contributed by atoms with E-state index in [1.54, 1.807) is 0 Å². The van der Waals surface area contributed by atoms with Crippen LogP contribution in [0.4, 0.5) is 5.82 Å². The van der Waals surface area contributed by atoms with Crippen LogP contribution in [0.5, 0.6) is 0 Å². The highest BCUT2D eigenvalue weighted by Gasteiger charge is 2.13. The minimum absolute atomic E-state index is 0.572. The van der Waals surface area contributed by atoms with E-state index < -0.39 is 0 Å². The molecule has 2 aromatic heterocycles. The Hall–Kier alpha value is -1.55. The van der Waals surface area contributed by atoms with E-state index in [-0.39, 0.29) is 0 Å². The predicted octanol–water partition coefficient (Wildman–Crippen LogP) is 3.38. The number of pyridine rings is 1. The van der Waals surface area contributed by atoms with E-state index in [0.717, 1.165) is 21.1 Å². The summed E-state index contributed by atoms with van der Waals surface area (Å²) in [6.45, 7) is 1.99. The van der Waals surface area contributed by atoms with Crippen molar-refractivity contribution in [3.05, 3.63) is 34.4 Å². The molecule has 3 aromatic rings. The van der Waals surface area contributed by atoms with Gasteiger partial charge in [-0.15, -0.1) is 0 Å². The summed E-state index contributed by atoms with van der Waals surface area (Å²) < 4.78 is 3.25. The van der Waals surface area contributed by atoms with Crippen molar-refractivity contribution in [1.29, 1.82) is 0 Å². The highest BCUT2D eigenvalue weighted by atomic mass is 79.9. The molecule has 0 saturated heterocycles. The molecule has 2 heterocycles. The molecule has 0 radical (unpaired) electrons. The smallest absolute Gasteiger partial charge is 0.124 e. The van der Waals surface area contributed by atoms with Gasteiger partial charge in [0.05, 0.1) is 16.7 Å². The monoisotopic (exact) mass is 289 g/mol. The van der Waals surface area contributed by atoms with Crippen LogP contribution in [0.25, 0.3) is 21.8 Å². The van der Waals surface area contributed by atoms with Crippen LogP contribution in [0.3, 0.4) is 0 Å². The number of para-hydroxylation sites is 1. The third kappa shape index (κ3) is 1.37. The highest BCUT2D eigenvalue weighted by molar-refractivity contribution is 9.10. The van der Waals surface area contributed by atoms with E-state index in [1.165, 1.54) is 10.9 Å². The van der Waals surface area contributed by atoms with Gasteiger partial charge in [0.25, 0.3) is 0 Å². The number of nitrogen functional groups attached to an aromatic ring is 1. The molecule has 17 heavy (non-hydrogen) atoms. The number of benzene rings is 1. The molecule has 4 heteroatoms. The Morgan fingerprint density at radius 2 is 2.00 bits per heavy atom. The summed E-state index contributed by atoms with van der Waals surface area (Å²) >= 11 is 3.60. The van der Waals surface area contributed by atoms with Gasteiger partial charge >= 0.3 is 0 Å². The number of halogens is 1. The first-order chi connectivity index (χ1) is 8.09. The van der Waals surface area contributed by atoms with Crippen LogP contribution in [0.1, 0.15) is 5.69 Å². The molecule has 0 saturated carbocycles. The summed E-state index contributed by atoms with van der Waals surface area (Å²) in [5, 5.41) is 2.36. The molecular formula is C13H12BrN3. The first-order valence-electron chi connectivity index (χ1n) is 5.39. The number of hydrogen-bond donors (Lipinski definition) is 1. The zero-order valence-electron chi connectivity index (χ0n) is 9.66. The fraction of sp³-hybridized carbons (Fsp3) is 0.154. The summed E-state index contributed by atoms with van der Waals surface area (Å²) in [7, 11) is 2.06. The largest absolute Gasteiger partial charge is 0.384 e. The molecule has 0 amide bonds. The maximum Gasteiger partial charge on any atom is 0.124 e. The molecule has 0 aliphatic heterocycles. The second-order valence-electron chi connectivity index (χ2n) is 4.22. The normalized spacial score (nSPS) is 11.5. The van der Waals surface area contributed by atoms with E-state index in [9.17, 15) is 0 Å². The summed E-state index contributed by atoms with van der Waals surface area (Å²) in [6.07, 6.45) is 0. The number of hydrogen-bond acceptors (Lipinski definition) is 2. The molecule has 3 rings (SSSR count). The van der Waals surface area contributed by atoms with Gasteiger partial charge in [-0.25, -0.2) is 4.98 Å². The van der Waals surface area contributed by atoms with Crippen LogP contribution < -0.4 is 5.73 Å². The maximum atomic E-state index is 5.83. The fourth-order valence-corrected chi connectivity index (χ4v) is 3.14. The summed E-state index contributed by atoms with van der Waals surface area (Å²) in [4.78, 5) is 4.33. The zero-order valence-corrected chi connectivity index (χ0v) is 11.2. The van der Waals surface area contributed by atoms with Gasteiger partial charge < -0.3 is 10.3 Å². The standard InChI is InChI=1S/C13H12BrN3/c1-7-12-9(6-11(15)16-7)8-4-3-5-10(14)13(8)17(12)2/h3-6H,1-2H3,(H2,15,16). The van der Waals surface area contributed by atoms with Gasteiger partial charge in [0.1, 0.15) is 5.82 Å². The molecule has 0 unspecified atom stereocenters. The van der Waals surface area contributed by atoms with Gasteiger partial charge in [-0.2, -0.15) is 0 Å². The van der Waals surface area contributed by atoms with Crippen molar-refractivity contribution in [1.82, 2.24) is 9.55 Å². The Morgan fingerprint density at radius 3 is 2.76 bits per heavy atom. The molecule has 0 aliphatic carbocycles. The van der Waals surface area contributed by atoms with Gasteiger partial charge in [-0.05, 0) is 35.0 Å². The molecule has 0 atom stereocenters. The molecule has 0 spiro atoms. The SMILES string of the molecule is Cc1nc(N)cc2c3cccc(Br)c3n(C)c12. The van der Waals surface area contributed by atoms with Crippen molar-refractivity contribution >= 4 is 43.6 Å². The maximum absolute atomic E-state index is 5.83. The highest BCUT2D eigenvalue weighted by Crippen LogP contribution is 2.34. The van der Waals surface area contributed by atoms with E-state index in [0.29, 0.717) is 5.82 Å². The van der Waals surface area contributed by atoms with Gasteiger partial charge in [-0.3, -0.25) is 0 Å². The number of fused-ring (bicyclic) bond motifs is 3. The van der Waals surface area contributed by atoms with Crippen LogP contribution in [0, 0.1) is 6.92 Å². The topological polar surface area (TPSA) is 43.8 Å². The van der Waals surface area contributed by atoms with Crippen LogP contribution in [-0.4, -0.2) is 9.55 Å². The van der Waals surface area contributed by atoms with E-state index >= 15 is 0 Å². The van der Waals surface area contributed by atoms with Gasteiger partial charge in [0, 0.05) is 22.3 Å². The van der Waals surface area contributed by atoms with Crippen molar-refractivity contribution in [2.75, 3.05) is 5.73 Å². The number of anilines is 1. The third-order valence-electron chi connectivity index (χ3n) is 3.13. The molecule has 0 fully saturated rings.